The highest BCUT2D eigenvalue weighted by molar-refractivity contribution is 7.93. The van der Waals surface area contributed by atoms with Crippen LogP contribution in [0, 0.1) is 0 Å². The second kappa shape index (κ2) is 6.90. The van der Waals surface area contributed by atoms with Crippen molar-refractivity contribution in [2.24, 2.45) is 0 Å². The van der Waals surface area contributed by atoms with E-state index in [0.717, 1.165) is 5.56 Å². The zero-order valence-corrected chi connectivity index (χ0v) is 15.7. The predicted octanol–water partition coefficient (Wildman–Crippen LogP) is 5.57. The summed E-state index contributed by atoms with van der Waals surface area (Å²) in [6.45, 7) is 0. The van der Waals surface area contributed by atoms with E-state index in [4.69, 9.17) is 34.8 Å². The normalized spacial score (nSPS) is 11.5. The van der Waals surface area contributed by atoms with Gasteiger partial charge in [0.15, 0.2) is 5.13 Å². The first-order valence-electron chi connectivity index (χ1n) is 6.54. The van der Waals surface area contributed by atoms with Crippen molar-refractivity contribution >= 4 is 61.3 Å². The molecule has 0 atom stereocenters. The first-order valence-corrected chi connectivity index (χ1v) is 10.0. The predicted molar refractivity (Wildman–Crippen MR) is 99.8 cm³/mol. The lowest BCUT2D eigenvalue weighted by Crippen LogP contribution is -2.13. The Kier molecular flexibility index (Phi) is 5.03. The summed E-state index contributed by atoms with van der Waals surface area (Å²) in [5, 5.41) is 2.96. The van der Waals surface area contributed by atoms with Gasteiger partial charge in [-0.15, -0.1) is 11.3 Å². The molecule has 1 aromatic heterocycles. The summed E-state index contributed by atoms with van der Waals surface area (Å²) in [5.41, 5.74) is 1.48. The second-order valence-corrected chi connectivity index (χ2v) is 8.51. The van der Waals surface area contributed by atoms with Crippen LogP contribution in [0.5, 0.6) is 0 Å². The van der Waals surface area contributed by atoms with Crippen LogP contribution in [0.3, 0.4) is 0 Å². The number of hydrogen-bond donors (Lipinski definition) is 1. The van der Waals surface area contributed by atoms with Gasteiger partial charge in [-0.05, 0) is 30.3 Å². The van der Waals surface area contributed by atoms with Crippen molar-refractivity contribution in [3.8, 4) is 11.3 Å². The van der Waals surface area contributed by atoms with Crippen LogP contribution in [0.25, 0.3) is 11.3 Å². The van der Waals surface area contributed by atoms with Gasteiger partial charge in [-0.25, -0.2) is 13.4 Å². The molecule has 4 nitrogen and oxygen atoms in total. The minimum absolute atomic E-state index is 0.0846. The largest absolute Gasteiger partial charge is 0.265 e. The van der Waals surface area contributed by atoms with E-state index in [1.54, 1.807) is 17.5 Å². The first-order chi connectivity index (χ1) is 11.3. The number of benzene rings is 2. The molecule has 0 saturated carbocycles. The number of aromatic nitrogens is 1. The average Bonchev–Trinajstić information content (AvgIpc) is 2.98. The molecule has 0 unspecified atom stereocenters. The third kappa shape index (κ3) is 3.84. The molecule has 0 spiro atoms. The van der Waals surface area contributed by atoms with Crippen LogP contribution in [0.15, 0.2) is 52.7 Å². The third-order valence-electron chi connectivity index (χ3n) is 3.05. The van der Waals surface area contributed by atoms with E-state index in [0.29, 0.717) is 10.7 Å². The van der Waals surface area contributed by atoms with E-state index in [1.165, 1.54) is 29.5 Å². The Hall–Kier alpha value is -1.31. The summed E-state index contributed by atoms with van der Waals surface area (Å²) < 4.78 is 27.3. The highest BCUT2D eigenvalue weighted by atomic mass is 35.5. The van der Waals surface area contributed by atoms with E-state index in [2.05, 4.69) is 9.71 Å². The molecule has 2 aromatic carbocycles. The van der Waals surface area contributed by atoms with Crippen molar-refractivity contribution in [2.45, 2.75) is 4.90 Å². The molecular formula is C15H9Cl3N2O2S2. The van der Waals surface area contributed by atoms with E-state index >= 15 is 0 Å². The average molecular weight is 420 g/mol. The number of anilines is 1. The molecule has 0 fully saturated rings. The summed E-state index contributed by atoms with van der Waals surface area (Å²) in [7, 11) is -3.88. The molecule has 0 aliphatic rings. The highest BCUT2D eigenvalue weighted by Gasteiger charge is 2.20. The van der Waals surface area contributed by atoms with Crippen LogP contribution in [0.2, 0.25) is 15.1 Å². The van der Waals surface area contributed by atoms with Crippen LogP contribution < -0.4 is 4.72 Å². The Morgan fingerprint density at radius 3 is 2.33 bits per heavy atom. The van der Waals surface area contributed by atoms with Crippen molar-refractivity contribution < 1.29 is 8.42 Å². The number of sulfonamides is 1. The monoisotopic (exact) mass is 418 g/mol. The Balaban J connectivity index is 1.88. The Morgan fingerprint density at radius 2 is 1.62 bits per heavy atom. The SMILES string of the molecule is O=S(=O)(Nc1nc(-c2ccc(Cl)cc2)cs1)c1cc(Cl)ccc1Cl. The van der Waals surface area contributed by atoms with Crippen LogP contribution >= 0.6 is 46.1 Å². The number of halogens is 3. The molecule has 3 rings (SSSR count). The number of thiazole rings is 1. The standard InChI is InChI=1S/C15H9Cl3N2O2S2/c16-10-3-1-9(2-4-10)13-8-23-15(19-13)20-24(21,22)14-7-11(17)5-6-12(14)18/h1-8H,(H,19,20). The smallest absolute Gasteiger partial charge is 0.255 e. The summed E-state index contributed by atoms with van der Waals surface area (Å²) in [5.74, 6) is 0. The molecule has 124 valence electrons. The quantitative estimate of drug-likeness (QED) is 0.601. The van der Waals surface area contributed by atoms with Crippen LogP contribution in [0.1, 0.15) is 0 Å². The lowest BCUT2D eigenvalue weighted by Gasteiger charge is -2.07. The summed E-state index contributed by atoms with van der Waals surface area (Å²) >= 11 is 18.8. The Labute approximate surface area is 158 Å². The van der Waals surface area contributed by atoms with Crippen molar-refractivity contribution in [1.82, 2.24) is 4.98 Å². The van der Waals surface area contributed by atoms with Crippen molar-refractivity contribution in [3.05, 3.63) is 62.9 Å². The Morgan fingerprint density at radius 1 is 0.958 bits per heavy atom. The van der Waals surface area contributed by atoms with Gasteiger partial charge in [-0.1, -0.05) is 46.9 Å². The van der Waals surface area contributed by atoms with Gasteiger partial charge in [-0.2, -0.15) is 0 Å². The van der Waals surface area contributed by atoms with Gasteiger partial charge in [0.05, 0.1) is 10.7 Å². The molecule has 0 aliphatic heterocycles. The lowest BCUT2D eigenvalue weighted by atomic mass is 10.2. The summed E-state index contributed by atoms with van der Waals surface area (Å²) in [6.07, 6.45) is 0. The van der Waals surface area contributed by atoms with Gasteiger partial charge in [0.1, 0.15) is 4.90 Å². The van der Waals surface area contributed by atoms with Gasteiger partial charge >= 0.3 is 0 Å². The van der Waals surface area contributed by atoms with Crippen molar-refractivity contribution in [3.63, 3.8) is 0 Å². The van der Waals surface area contributed by atoms with Crippen molar-refractivity contribution in [2.75, 3.05) is 4.72 Å². The zero-order valence-electron chi connectivity index (χ0n) is 11.8. The summed E-state index contributed by atoms with van der Waals surface area (Å²) in [6, 6.07) is 11.3. The fourth-order valence-corrected chi connectivity index (χ4v) is 4.79. The van der Waals surface area contributed by atoms with Crippen LogP contribution in [-0.4, -0.2) is 13.4 Å². The maximum absolute atomic E-state index is 12.5. The zero-order chi connectivity index (χ0) is 17.3. The third-order valence-corrected chi connectivity index (χ3v) is 6.24. The molecule has 0 radical (unpaired) electrons. The molecular weight excluding hydrogens is 411 g/mol. The lowest BCUT2D eigenvalue weighted by molar-refractivity contribution is 0.601. The highest BCUT2D eigenvalue weighted by Crippen LogP contribution is 2.30. The molecule has 1 heterocycles. The minimum atomic E-state index is -3.88. The molecule has 9 heteroatoms. The topological polar surface area (TPSA) is 59.1 Å². The van der Waals surface area contributed by atoms with E-state index < -0.39 is 10.0 Å². The molecule has 0 aliphatic carbocycles. The number of hydrogen-bond acceptors (Lipinski definition) is 4. The van der Waals surface area contributed by atoms with Gasteiger partial charge in [-0.3, -0.25) is 4.72 Å². The minimum Gasteiger partial charge on any atom is -0.255 e. The molecule has 24 heavy (non-hydrogen) atoms. The fraction of sp³-hybridized carbons (Fsp3) is 0. The fourth-order valence-electron chi connectivity index (χ4n) is 1.93. The Bertz CT molecular complexity index is 986. The molecule has 1 N–H and O–H groups in total. The van der Waals surface area contributed by atoms with Crippen LogP contribution in [-0.2, 0) is 10.0 Å². The molecule has 3 aromatic rings. The molecule has 0 saturated heterocycles. The first kappa shape index (κ1) is 17.5. The number of nitrogens with one attached hydrogen (secondary N) is 1. The van der Waals surface area contributed by atoms with Gasteiger partial charge in [0.2, 0.25) is 0 Å². The van der Waals surface area contributed by atoms with E-state index in [9.17, 15) is 8.42 Å². The van der Waals surface area contributed by atoms with Gasteiger partial charge < -0.3 is 0 Å². The maximum atomic E-state index is 12.5. The van der Waals surface area contributed by atoms with Crippen molar-refractivity contribution in [1.29, 1.82) is 0 Å². The molecule has 0 amide bonds. The number of nitrogens with zero attached hydrogens (tertiary/aromatic N) is 1. The van der Waals surface area contributed by atoms with Gasteiger partial charge in [0, 0.05) is 21.0 Å². The van der Waals surface area contributed by atoms with Crippen LogP contribution in [0.4, 0.5) is 5.13 Å². The molecule has 0 bridgehead atoms. The number of rotatable bonds is 4. The summed E-state index contributed by atoms with van der Waals surface area (Å²) in [4.78, 5) is 4.18. The van der Waals surface area contributed by atoms with E-state index in [-0.39, 0.29) is 20.1 Å². The van der Waals surface area contributed by atoms with Gasteiger partial charge in [0.25, 0.3) is 10.0 Å². The van der Waals surface area contributed by atoms with E-state index in [1.807, 2.05) is 12.1 Å². The second-order valence-electron chi connectivity index (χ2n) is 4.73. The maximum Gasteiger partial charge on any atom is 0.265 e.